The van der Waals surface area contributed by atoms with Crippen LogP contribution in [0.2, 0.25) is 0 Å². The van der Waals surface area contributed by atoms with Gasteiger partial charge in [-0.25, -0.2) is 0 Å². The highest BCUT2D eigenvalue weighted by Crippen LogP contribution is 2.03. The third-order valence-electron chi connectivity index (χ3n) is 2.47. The highest BCUT2D eigenvalue weighted by atomic mass is 16.2. The van der Waals surface area contributed by atoms with Gasteiger partial charge < -0.3 is 10.6 Å². The Morgan fingerprint density at radius 1 is 1.69 bits per heavy atom. The summed E-state index contributed by atoms with van der Waals surface area (Å²) in [5, 5.41) is 5.98. The van der Waals surface area contributed by atoms with Crippen LogP contribution in [-0.4, -0.2) is 50.1 Å². The van der Waals surface area contributed by atoms with Crippen LogP contribution in [-0.2, 0) is 4.79 Å². The fraction of sp³-hybridized carbons (Fsp3) is 0.889. The van der Waals surface area contributed by atoms with Gasteiger partial charge in [-0.3, -0.25) is 9.69 Å². The third kappa shape index (κ3) is 2.67. The Kier molecular flexibility index (Phi) is 4.18. The molecule has 1 saturated heterocycles. The van der Waals surface area contributed by atoms with E-state index < -0.39 is 0 Å². The van der Waals surface area contributed by atoms with Gasteiger partial charge in [0.25, 0.3) is 0 Å². The molecule has 1 heterocycles. The van der Waals surface area contributed by atoms with Crippen molar-refractivity contribution in [3.63, 3.8) is 0 Å². The Morgan fingerprint density at radius 2 is 2.46 bits per heavy atom. The molecule has 13 heavy (non-hydrogen) atoms. The molecule has 0 saturated carbocycles. The molecule has 76 valence electrons. The number of carbonyl (C=O) groups excluding carboxylic acids is 1. The summed E-state index contributed by atoms with van der Waals surface area (Å²) < 4.78 is 0. The lowest BCUT2D eigenvalue weighted by Gasteiger charge is -2.26. The van der Waals surface area contributed by atoms with Crippen LogP contribution >= 0.6 is 0 Å². The van der Waals surface area contributed by atoms with Gasteiger partial charge in [-0.1, -0.05) is 6.92 Å². The van der Waals surface area contributed by atoms with Gasteiger partial charge in [0.05, 0.1) is 0 Å². The van der Waals surface area contributed by atoms with Gasteiger partial charge in [0.15, 0.2) is 0 Å². The fourth-order valence-electron chi connectivity index (χ4n) is 1.73. The lowest BCUT2D eigenvalue weighted by Crippen LogP contribution is -2.49. The molecule has 4 heteroatoms. The zero-order valence-corrected chi connectivity index (χ0v) is 8.47. The summed E-state index contributed by atoms with van der Waals surface area (Å²) in [4.78, 5) is 13.8. The molecule has 0 bridgehead atoms. The Bertz CT molecular complexity index is 172. The number of nitrogens with one attached hydrogen (secondary N) is 2. The van der Waals surface area contributed by atoms with E-state index in [1.54, 1.807) is 0 Å². The lowest BCUT2D eigenvalue weighted by molar-refractivity contribution is -0.125. The second-order valence-electron chi connectivity index (χ2n) is 3.35. The number of hydrogen-bond donors (Lipinski definition) is 2. The molecule has 1 aliphatic rings. The van der Waals surface area contributed by atoms with Crippen molar-refractivity contribution in [1.29, 1.82) is 0 Å². The van der Waals surface area contributed by atoms with Crippen LogP contribution in [0.5, 0.6) is 0 Å². The predicted molar refractivity (Wildman–Crippen MR) is 52.6 cm³/mol. The van der Waals surface area contributed by atoms with Crippen molar-refractivity contribution in [3.05, 3.63) is 0 Å². The standard InChI is InChI=1S/C9H19N3O/c1-3-12-6-4-5-11-9(13)8(12)7-10-2/h8,10H,3-7H2,1-2H3,(H,11,13). The van der Waals surface area contributed by atoms with E-state index in [0.29, 0.717) is 0 Å². The van der Waals surface area contributed by atoms with E-state index >= 15 is 0 Å². The summed E-state index contributed by atoms with van der Waals surface area (Å²) in [6.45, 7) is 5.61. The van der Waals surface area contributed by atoms with E-state index in [-0.39, 0.29) is 11.9 Å². The summed E-state index contributed by atoms with van der Waals surface area (Å²) >= 11 is 0. The summed E-state index contributed by atoms with van der Waals surface area (Å²) in [7, 11) is 1.88. The summed E-state index contributed by atoms with van der Waals surface area (Å²) in [5.41, 5.74) is 0. The van der Waals surface area contributed by atoms with Crippen molar-refractivity contribution >= 4 is 5.91 Å². The van der Waals surface area contributed by atoms with Crippen LogP contribution in [0.15, 0.2) is 0 Å². The van der Waals surface area contributed by atoms with Gasteiger partial charge in [0.2, 0.25) is 5.91 Å². The van der Waals surface area contributed by atoms with Crippen LogP contribution < -0.4 is 10.6 Å². The molecule has 1 fully saturated rings. The van der Waals surface area contributed by atoms with Gasteiger partial charge in [-0.15, -0.1) is 0 Å². The third-order valence-corrected chi connectivity index (χ3v) is 2.47. The molecule has 1 rings (SSSR count). The molecule has 0 aromatic rings. The molecule has 4 nitrogen and oxygen atoms in total. The van der Waals surface area contributed by atoms with Crippen molar-refractivity contribution < 1.29 is 4.79 Å². The maximum Gasteiger partial charge on any atom is 0.238 e. The smallest absolute Gasteiger partial charge is 0.238 e. The molecule has 1 amide bonds. The first-order valence-corrected chi connectivity index (χ1v) is 4.96. The maximum absolute atomic E-state index is 11.6. The average Bonchev–Trinajstić information content (AvgIpc) is 2.30. The van der Waals surface area contributed by atoms with Crippen LogP contribution in [0.1, 0.15) is 13.3 Å². The van der Waals surface area contributed by atoms with Crippen molar-refractivity contribution in [3.8, 4) is 0 Å². The van der Waals surface area contributed by atoms with E-state index in [4.69, 9.17) is 0 Å². The molecule has 0 aliphatic carbocycles. The van der Waals surface area contributed by atoms with Crippen LogP contribution in [0.3, 0.4) is 0 Å². The number of likely N-dealkylation sites (N-methyl/N-ethyl adjacent to an activating group) is 2. The predicted octanol–water partition coefficient (Wildman–Crippen LogP) is -0.584. The summed E-state index contributed by atoms with van der Waals surface area (Å²) in [6, 6.07) is 0.0116. The molecule has 0 aromatic heterocycles. The first-order chi connectivity index (χ1) is 6.29. The number of rotatable bonds is 3. The number of amides is 1. The Morgan fingerprint density at radius 3 is 3.08 bits per heavy atom. The number of nitrogens with zero attached hydrogens (tertiary/aromatic N) is 1. The second kappa shape index (κ2) is 5.19. The molecule has 1 aliphatic heterocycles. The summed E-state index contributed by atoms with van der Waals surface area (Å²) in [6.07, 6.45) is 1.06. The minimum Gasteiger partial charge on any atom is -0.355 e. The van der Waals surface area contributed by atoms with Gasteiger partial charge in [0.1, 0.15) is 6.04 Å². The van der Waals surface area contributed by atoms with E-state index in [1.807, 2.05) is 7.05 Å². The van der Waals surface area contributed by atoms with E-state index in [0.717, 1.165) is 32.6 Å². The lowest BCUT2D eigenvalue weighted by atomic mass is 10.2. The topological polar surface area (TPSA) is 44.4 Å². The first kappa shape index (κ1) is 10.5. The zero-order chi connectivity index (χ0) is 9.68. The molecule has 2 N–H and O–H groups in total. The minimum atomic E-state index is 0.0116. The van der Waals surface area contributed by atoms with Crippen molar-refractivity contribution in [2.24, 2.45) is 0 Å². The molecule has 0 radical (unpaired) electrons. The van der Waals surface area contributed by atoms with Gasteiger partial charge in [0, 0.05) is 19.6 Å². The molecule has 1 unspecified atom stereocenters. The maximum atomic E-state index is 11.6. The molecule has 0 aromatic carbocycles. The quantitative estimate of drug-likeness (QED) is 0.618. The highest BCUT2D eigenvalue weighted by Gasteiger charge is 2.25. The monoisotopic (exact) mass is 185 g/mol. The van der Waals surface area contributed by atoms with E-state index in [1.165, 1.54) is 0 Å². The highest BCUT2D eigenvalue weighted by molar-refractivity contribution is 5.82. The zero-order valence-electron chi connectivity index (χ0n) is 8.47. The summed E-state index contributed by atoms with van der Waals surface area (Å²) in [5.74, 6) is 0.161. The molecular weight excluding hydrogens is 166 g/mol. The van der Waals surface area contributed by atoms with Crippen molar-refractivity contribution in [2.45, 2.75) is 19.4 Å². The molecule has 1 atom stereocenters. The SMILES string of the molecule is CCN1CCCNC(=O)C1CNC. The average molecular weight is 185 g/mol. The normalized spacial score (nSPS) is 25.4. The molecule has 0 spiro atoms. The Balaban J connectivity index is 2.60. The number of carbonyl (C=O) groups is 1. The first-order valence-electron chi connectivity index (χ1n) is 4.96. The Hall–Kier alpha value is -0.610. The fourth-order valence-corrected chi connectivity index (χ4v) is 1.73. The van der Waals surface area contributed by atoms with Gasteiger partial charge in [-0.2, -0.15) is 0 Å². The number of hydrogen-bond acceptors (Lipinski definition) is 3. The Labute approximate surface area is 79.7 Å². The van der Waals surface area contributed by atoms with Crippen LogP contribution in [0, 0.1) is 0 Å². The van der Waals surface area contributed by atoms with Crippen molar-refractivity contribution in [1.82, 2.24) is 15.5 Å². The van der Waals surface area contributed by atoms with Crippen molar-refractivity contribution in [2.75, 3.05) is 33.2 Å². The molecular formula is C9H19N3O. The van der Waals surface area contributed by atoms with Gasteiger partial charge >= 0.3 is 0 Å². The van der Waals surface area contributed by atoms with E-state index in [9.17, 15) is 4.79 Å². The second-order valence-corrected chi connectivity index (χ2v) is 3.35. The van der Waals surface area contributed by atoms with Crippen LogP contribution in [0.4, 0.5) is 0 Å². The van der Waals surface area contributed by atoms with Crippen LogP contribution in [0.25, 0.3) is 0 Å². The van der Waals surface area contributed by atoms with E-state index in [2.05, 4.69) is 22.5 Å². The largest absolute Gasteiger partial charge is 0.355 e. The minimum absolute atomic E-state index is 0.0116. The van der Waals surface area contributed by atoms with Gasteiger partial charge in [-0.05, 0) is 20.0 Å².